The minimum absolute atomic E-state index is 0.0239. The average Bonchev–Trinajstić information content (AvgIpc) is 2.69. The molecule has 0 unspecified atom stereocenters. The zero-order valence-electron chi connectivity index (χ0n) is 11.3. The summed E-state index contributed by atoms with van der Waals surface area (Å²) in [5, 5.41) is 2.69. The number of hydrogen-bond donors (Lipinski definition) is 2. The third kappa shape index (κ3) is 2.71. The Bertz CT molecular complexity index is 651. The second-order valence-electron chi connectivity index (χ2n) is 4.98. The summed E-state index contributed by atoms with van der Waals surface area (Å²) in [5.41, 5.74) is 5.78. The number of nitrogen functional groups attached to an aromatic ring is 1. The van der Waals surface area contributed by atoms with E-state index in [4.69, 9.17) is 5.73 Å². The third-order valence-corrected chi connectivity index (χ3v) is 2.84. The highest BCUT2D eigenvalue weighted by molar-refractivity contribution is 5.83. The maximum absolute atomic E-state index is 13.8. The van der Waals surface area contributed by atoms with Gasteiger partial charge in [-0.25, -0.2) is 13.8 Å². The van der Waals surface area contributed by atoms with E-state index >= 15 is 0 Å². The molecule has 7 heteroatoms. The van der Waals surface area contributed by atoms with Crippen LogP contribution < -0.4 is 11.1 Å². The van der Waals surface area contributed by atoms with E-state index < -0.39 is 11.6 Å². The van der Waals surface area contributed by atoms with Gasteiger partial charge in [0.15, 0.2) is 11.6 Å². The van der Waals surface area contributed by atoms with Crippen LogP contribution in [0, 0.1) is 17.6 Å². The molecule has 0 bridgehead atoms. The second kappa shape index (κ2) is 5.44. The number of carbonyl (C=O) groups is 1. The Hall–Kier alpha value is -2.18. The van der Waals surface area contributed by atoms with Crippen LogP contribution in [0.5, 0.6) is 0 Å². The Kier molecular flexibility index (Phi) is 3.87. The van der Waals surface area contributed by atoms with Gasteiger partial charge in [-0.3, -0.25) is 9.36 Å². The van der Waals surface area contributed by atoms with E-state index in [0.29, 0.717) is 12.5 Å². The number of imidazole rings is 1. The molecule has 2 rings (SSSR count). The summed E-state index contributed by atoms with van der Waals surface area (Å²) in [6, 6.07) is 2.31. The highest BCUT2D eigenvalue weighted by Crippen LogP contribution is 2.22. The fraction of sp³-hybridized carbons (Fsp3) is 0.385. The molecule has 1 aromatic carbocycles. The monoisotopic (exact) mass is 282 g/mol. The van der Waals surface area contributed by atoms with Crippen molar-refractivity contribution in [2.45, 2.75) is 20.4 Å². The molecule has 0 saturated carbocycles. The van der Waals surface area contributed by atoms with Crippen molar-refractivity contribution in [1.29, 1.82) is 0 Å². The quantitative estimate of drug-likeness (QED) is 0.896. The number of nitrogens with one attached hydrogen (secondary N) is 1. The van der Waals surface area contributed by atoms with Gasteiger partial charge >= 0.3 is 0 Å². The smallest absolute Gasteiger partial charge is 0.240 e. The van der Waals surface area contributed by atoms with Crippen LogP contribution in [-0.2, 0) is 11.3 Å². The number of nitrogens with zero attached hydrogens (tertiary/aromatic N) is 2. The first kappa shape index (κ1) is 14.2. The second-order valence-corrected chi connectivity index (χ2v) is 4.98. The number of benzene rings is 1. The number of halogens is 2. The maximum atomic E-state index is 13.8. The lowest BCUT2D eigenvalue weighted by atomic mass is 10.2. The normalized spacial score (nSPS) is 11.2. The summed E-state index contributed by atoms with van der Waals surface area (Å²) in [6.07, 6.45) is 0. The van der Waals surface area contributed by atoms with Crippen molar-refractivity contribution in [1.82, 2.24) is 14.9 Å². The highest BCUT2D eigenvalue weighted by atomic mass is 19.2. The predicted octanol–water partition coefficient (Wildman–Crippen LogP) is 1.67. The van der Waals surface area contributed by atoms with Crippen LogP contribution in [0.25, 0.3) is 11.0 Å². The zero-order chi connectivity index (χ0) is 14.9. The van der Waals surface area contributed by atoms with Crippen molar-refractivity contribution < 1.29 is 13.6 Å². The molecule has 1 aromatic heterocycles. The van der Waals surface area contributed by atoms with Crippen molar-refractivity contribution in [2.24, 2.45) is 5.92 Å². The van der Waals surface area contributed by atoms with Gasteiger partial charge in [0.05, 0.1) is 5.52 Å². The van der Waals surface area contributed by atoms with Crippen molar-refractivity contribution >= 4 is 22.9 Å². The fourth-order valence-corrected chi connectivity index (χ4v) is 1.85. The zero-order valence-corrected chi connectivity index (χ0v) is 11.3. The molecule has 1 amide bonds. The third-order valence-electron chi connectivity index (χ3n) is 2.84. The molecule has 0 saturated heterocycles. The molecule has 3 N–H and O–H groups in total. The summed E-state index contributed by atoms with van der Waals surface area (Å²) in [7, 11) is 0. The minimum Gasteiger partial charge on any atom is -0.369 e. The molecule has 0 atom stereocenters. The van der Waals surface area contributed by atoms with Crippen molar-refractivity contribution in [2.75, 3.05) is 12.3 Å². The summed E-state index contributed by atoms with van der Waals surface area (Å²) < 4.78 is 28.3. The van der Waals surface area contributed by atoms with Gasteiger partial charge in [0.2, 0.25) is 11.9 Å². The van der Waals surface area contributed by atoms with Crippen LogP contribution in [0.2, 0.25) is 0 Å². The Balaban J connectivity index is 2.32. The Morgan fingerprint density at radius 3 is 2.80 bits per heavy atom. The SMILES string of the molecule is CC(C)CNC(=O)Cn1c(N)nc2ccc(F)c(F)c21. The summed E-state index contributed by atoms with van der Waals surface area (Å²) >= 11 is 0. The van der Waals surface area contributed by atoms with Crippen LogP contribution >= 0.6 is 0 Å². The molecular formula is C13H16F2N4O. The molecule has 5 nitrogen and oxygen atoms in total. The maximum Gasteiger partial charge on any atom is 0.240 e. The summed E-state index contributed by atoms with van der Waals surface area (Å²) in [6.45, 7) is 4.21. The number of amides is 1. The Morgan fingerprint density at radius 1 is 1.45 bits per heavy atom. The molecule has 0 fully saturated rings. The molecule has 108 valence electrons. The average molecular weight is 282 g/mol. The van der Waals surface area contributed by atoms with Crippen LogP contribution in [0.15, 0.2) is 12.1 Å². The lowest BCUT2D eigenvalue weighted by molar-refractivity contribution is -0.121. The van der Waals surface area contributed by atoms with E-state index in [1.807, 2.05) is 13.8 Å². The number of rotatable bonds is 4. The first-order chi connectivity index (χ1) is 9.40. The van der Waals surface area contributed by atoms with Crippen molar-refractivity contribution in [3.63, 3.8) is 0 Å². The molecule has 0 aliphatic carbocycles. The summed E-state index contributed by atoms with van der Waals surface area (Å²) in [5.74, 6) is -2.10. The van der Waals surface area contributed by atoms with Gasteiger partial charge in [0, 0.05) is 6.54 Å². The van der Waals surface area contributed by atoms with E-state index in [-0.39, 0.29) is 29.4 Å². The number of aromatic nitrogens is 2. The van der Waals surface area contributed by atoms with Gasteiger partial charge in [-0.2, -0.15) is 0 Å². The van der Waals surface area contributed by atoms with E-state index in [9.17, 15) is 13.6 Å². The number of hydrogen-bond acceptors (Lipinski definition) is 3. The van der Waals surface area contributed by atoms with E-state index in [1.54, 1.807) is 0 Å². The number of nitrogens with two attached hydrogens (primary N) is 1. The van der Waals surface area contributed by atoms with Crippen LogP contribution in [-0.4, -0.2) is 22.0 Å². The van der Waals surface area contributed by atoms with Gasteiger partial charge in [-0.05, 0) is 18.1 Å². The summed E-state index contributed by atoms with van der Waals surface area (Å²) in [4.78, 5) is 15.7. The van der Waals surface area contributed by atoms with Gasteiger partial charge in [-0.15, -0.1) is 0 Å². The number of carbonyl (C=O) groups excluding carboxylic acids is 1. The molecule has 0 radical (unpaired) electrons. The largest absolute Gasteiger partial charge is 0.369 e. The van der Waals surface area contributed by atoms with Crippen molar-refractivity contribution in [3.8, 4) is 0 Å². The molecule has 0 aliphatic rings. The van der Waals surface area contributed by atoms with Gasteiger partial charge in [0.25, 0.3) is 0 Å². The molecule has 0 aliphatic heterocycles. The minimum atomic E-state index is -1.05. The van der Waals surface area contributed by atoms with Crippen LogP contribution in [0.3, 0.4) is 0 Å². The molecular weight excluding hydrogens is 266 g/mol. The molecule has 2 aromatic rings. The lowest BCUT2D eigenvalue weighted by Crippen LogP contribution is -2.31. The predicted molar refractivity (Wildman–Crippen MR) is 71.9 cm³/mol. The molecule has 20 heavy (non-hydrogen) atoms. The number of anilines is 1. The van der Waals surface area contributed by atoms with Gasteiger partial charge in [-0.1, -0.05) is 13.8 Å². The Morgan fingerprint density at radius 2 is 2.15 bits per heavy atom. The molecule has 1 heterocycles. The fourth-order valence-electron chi connectivity index (χ4n) is 1.85. The van der Waals surface area contributed by atoms with Crippen molar-refractivity contribution in [3.05, 3.63) is 23.8 Å². The van der Waals surface area contributed by atoms with Gasteiger partial charge in [0.1, 0.15) is 12.1 Å². The first-order valence-corrected chi connectivity index (χ1v) is 6.26. The number of fused-ring (bicyclic) bond motifs is 1. The van der Waals surface area contributed by atoms with Crippen LogP contribution in [0.1, 0.15) is 13.8 Å². The lowest BCUT2D eigenvalue weighted by Gasteiger charge is -2.10. The van der Waals surface area contributed by atoms with Gasteiger partial charge < -0.3 is 11.1 Å². The first-order valence-electron chi connectivity index (χ1n) is 6.26. The van der Waals surface area contributed by atoms with E-state index in [2.05, 4.69) is 10.3 Å². The Labute approximate surface area is 114 Å². The van der Waals surface area contributed by atoms with Crippen LogP contribution in [0.4, 0.5) is 14.7 Å². The highest BCUT2D eigenvalue weighted by Gasteiger charge is 2.17. The van der Waals surface area contributed by atoms with E-state index in [0.717, 1.165) is 6.07 Å². The molecule has 0 spiro atoms. The standard InChI is InChI=1S/C13H16F2N4O/c1-7(2)5-17-10(20)6-19-12-9(18-13(19)16)4-3-8(14)11(12)15/h3-4,7H,5-6H2,1-2H3,(H2,16,18)(H,17,20). The topological polar surface area (TPSA) is 72.9 Å². The van der Waals surface area contributed by atoms with E-state index in [1.165, 1.54) is 10.6 Å².